The van der Waals surface area contributed by atoms with Crippen LogP contribution in [0.15, 0.2) is 34.9 Å². The van der Waals surface area contributed by atoms with E-state index < -0.39 is 5.60 Å². The minimum Gasteiger partial charge on any atom is -0.497 e. The van der Waals surface area contributed by atoms with Crippen LogP contribution in [0.1, 0.15) is 48.0 Å². The van der Waals surface area contributed by atoms with Crippen LogP contribution >= 0.6 is 0 Å². The van der Waals surface area contributed by atoms with E-state index in [1.807, 2.05) is 29.2 Å². The topological polar surface area (TPSA) is 75.8 Å². The maximum Gasteiger partial charge on any atom is 0.276 e. The second-order valence-electron chi connectivity index (χ2n) is 7.70. The van der Waals surface area contributed by atoms with Gasteiger partial charge in [-0.05, 0) is 42.9 Å². The van der Waals surface area contributed by atoms with Crippen molar-refractivity contribution in [3.05, 3.63) is 47.3 Å². The van der Waals surface area contributed by atoms with Gasteiger partial charge in [0.2, 0.25) is 0 Å². The molecule has 1 aromatic carbocycles. The van der Waals surface area contributed by atoms with Crippen molar-refractivity contribution in [3.63, 3.8) is 0 Å². The lowest BCUT2D eigenvalue weighted by Gasteiger charge is -2.31. The number of carbonyl (C=O) groups is 1. The highest BCUT2D eigenvalue weighted by atomic mass is 16.5. The summed E-state index contributed by atoms with van der Waals surface area (Å²) in [6.45, 7) is 3.25. The number of likely N-dealkylation sites (tertiary alicyclic amines) is 1. The third kappa shape index (κ3) is 3.12. The van der Waals surface area contributed by atoms with Gasteiger partial charge in [0.25, 0.3) is 5.91 Å². The van der Waals surface area contributed by atoms with Crippen molar-refractivity contribution in [2.45, 2.75) is 38.2 Å². The van der Waals surface area contributed by atoms with Gasteiger partial charge >= 0.3 is 0 Å². The van der Waals surface area contributed by atoms with Crippen LogP contribution in [0.2, 0.25) is 0 Å². The molecule has 1 aliphatic heterocycles. The lowest BCUT2D eigenvalue weighted by atomic mass is 9.82. The van der Waals surface area contributed by atoms with Gasteiger partial charge in [0, 0.05) is 31.5 Å². The SMILES string of the molecule is CCCc1cc(C(=O)N2C[C@@H]3CC[C@@](O)(c4cccc(OC)c4)[C@H]3C2)no1. The molecule has 2 aromatic rings. The number of hydrogen-bond acceptors (Lipinski definition) is 5. The van der Waals surface area contributed by atoms with Crippen molar-refractivity contribution in [1.82, 2.24) is 10.1 Å². The minimum atomic E-state index is -0.925. The van der Waals surface area contributed by atoms with Crippen molar-refractivity contribution in [1.29, 1.82) is 0 Å². The van der Waals surface area contributed by atoms with Gasteiger partial charge in [0.05, 0.1) is 12.7 Å². The highest BCUT2D eigenvalue weighted by Gasteiger charge is 2.53. The molecule has 1 saturated carbocycles. The van der Waals surface area contributed by atoms with Gasteiger partial charge in [0.1, 0.15) is 11.5 Å². The third-order valence-electron chi connectivity index (χ3n) is 6.08. The van der Waals surface area contributed by atoms with E-state index in [0.717, 1.165) is 36.3 Å². The Hall–Kier alpha value is -2.34. The second kappa shape index (κ2) is 7.00. The molecule has 144 valence electrons. The summed E-state index contributed by atoms with van der Waals surface area (Å²) in [7, 11) is 1.63. The third-order valence-corrected chi connectivity index (χ3v) is 6.08. The Morgan fingerprint density at radius 2 is 2.26 bits per heavy atom. The predicted octanol–water partition coefficient (Wildman–Crippen LogP) is 3.01. The van der Waals surface area contributed by atoms with Crippen LogP contribution in [-0.2, 0) is 12.0 Å². The van der Waals surface area contributed by atoms with Gasteiger partial charge in [-0.3, -0.25) is 4.79 Å². The van der Waals surface area contributed by atoms with Crippen LogP contribution < -0.4 is 4.74 Å². The molecule has 27 heavy (non-hydrogen) atoms. The molecule has 0 radical (unpaired) electrons. The molecule has 1 saturated heterocycles. The van der Waals surface area contributed by atoms with Crippen molar-refractivity contribution < 1.29 is 19.2 Å². The van der Waals surface area contributed by atoms with Crippen molar-refractivity contribution in [2.75, 3.05) is 20.2 Å². The van der Waals surface area contributed by atoms with E-state index >= 15 is 0 Å². The zero-order valence-electron chi connectivity index (χ0n) is 15.9. The van der Waals surface area contributed by atoms with E-state index in [0.29, 0.717) is 31.1 Å². The average Bonchev–Trinajstić information content (AvgIpc) is 3.39. The zero-order valence-corrected chi connectivity index (χ0v) is 15.9. The van der Waals surface area contributed by atoms with E-state index in [9.17, 15) is 9.90 Å². The molecule has 0 unspecified atom stereocenters. The Morgan fingerprint density at radius 3 is 3.04 bits per heavy atom. The number of ether oxygens (including phenoxy) is 1. The normalized spacial score (nSPS) is 27.0. The summed E-state index contributed by atoms with van der Waals surface area (Å²) in [5, 5.41) is 15.4. The Balaban J connectivity index is 1.52. The van der Waals surface area contributed by atoms with Crippen LogP contribution in [0.5, 0.6) is 5.75 Å². The van der Waals surface area contributed by atoms with Crippen LogP contribution in [-0.4, -0.2) is 41.3 Å². The number of hydrogen-bond donors (Lipinski definition) is 1. The van der Waals surface area contributed by atoms with Gasteiger partial charge in [-0.15, -0.1) is 0 Å². The molecule has 2 heterocycles. The molecule has 2 aliphatic rings. The van der Waals surface area contributed by atoms with Crippen molar-refractivity contribution in [3.8, 4) is 5.75 Å². The van der Waals surface area contributed by atoms with Crippen LogP contribution in [0.25, 0.3) is 0 Å². The quantitative estimate of drug-likeness (QED) is 0.876. The number of amides is 1. The van der Waals surface area contributed by atoms with Crippen LogP contribution in [0, 0.1) is 11.8 Å². The molecule has 4 rings (SSSR count). The molecule has 0 bridgehead atoms. The molecular formula is C21H26N2O4. The fourth-order valence-corrected chi connectivity index (χ4v) is 4.65. The number of fused-ring (bicyclic) bond motifs is 1. The Kier molecular flexibility index (Phi) is 4.68. The van der Waals surface area contributed by atoms with Crippen LogP contribution in [0.4, 0.5) is 0 Å². The zero-order chi connectivity index (χ0) is 19.0. The Bertz CT molecular complexity index is 833. The lowest BCUT2D eigenvalue weighted by Crippen LogP contribution is -2.36. The maximum absolute atomic E-state index is 12.8. The number of rotatable bonds is 5. The fraction of sp³-hybridized carbons (Fsp3) is 0.524. The number of aryl methyl sites for hydroxylation is 1. The number of benzene rings is 1. The number of aromatic nitrogens is 1. The molecule has 1 aliphatic carbocycles. The lowest BCUT2D eigenvalue weighted by molar-refractivity contribution is -0.00608. The predicted molar refractivity (Wildman–Crippen MR) is 99.5 cm³/mol. The molecular weight excluding hydrogens is 344 g/mol. The summed E-state index contributed by atoms with van der Waals surface area (Å²) in [4.78, 5) is 14.7. The smallest absolute Gasteiger partial charge is 0.276 e. The largest absolute Gasteiger partial charge is 0.497 e. The molecule has 6 nitrogen and oxygen atoms in total. The van der Waals surface area contributed by atoms with Crippen LogP contribution in [0.3, 0.4) is 0 Å². The molecule has 0 spiro atoms. The van der Waals surface area contributed by atoms with Crippen molar-refractivity contribution >= 4 is 5.91 Å². The van der Waals surface area contributed by atoms with Gasteiger partial charge in [0.15, 0.2) is 5.69 Å². The Labute approximate surface area is 159 Å². The van der Waals surface area contributed by atoms with Crippen molar-refractivity contribution in [2.24, 2.45) is 11.8 Å². The summed E-state index contributed by atoms with van der Waals surface area (Å²) in [5.74, 6) is 1.70. The molecule has 1 N–H and O–H groups in total. The highest BCUT2D eigenvalue weighted by molar-refractivity contribution is 5.92. The first kappa shape index (κ1) is 18.0. The monoisotopic (exact) mass is 370 g/mol. The second-order valence-corrected chi connectivity index (χ2v) is 7.70. The Morgan fingerprint density at radius 1 is 1.41 bits per heavy atom. The highest BCUT2D eigenvalue weighted by Crippen LogP contribution is 2.51. The molecule has 1 aromatic heterocycles. The number of aliphatic hydroxyl groups is 1. The van der Waals surface area contributed by atoms with E-state index in [-0.39, 0.29) is 11.8 Å². The average molecular weight is 370 g/mol. The number of carbonyl (C=O) groups excluding carboxylic acids is 1. The molecule has 1 amide bonds. The maximum atomic E-state index is 12.8. The molecule has 3 atom stereocenters. The van der Waals surface area contributed by atoms with E-state index in [1.54, 1.807) is 13.2 Å². The summed E-state index contributed by atoms with van der Waals surface area (Å²) in [5.41, 5.74) is 0.310. The fourth-order valence-electron chi connectivity index (χ4n) is 4.65. The van der Waals surface area contributed by atoms with Gasteiger partial charge in [-0.1, -0.05) is 24.2 Å². The molecule has 2 fully saturated rings. The number of nitrogens with zero attached hydrogens (tertiary/aromatic N) is 2. The summed E-state index contributed by atoms with van der Waals surface area (Å²) in [6, 6.07) is 9.38. The van der Waals surface area contributed by atoms with Gasteiger partial charge < -0.3 is 19.3 Å². The van der Waals surface area contributed by atoms with Gasteiger partial charge in [-0.25, -0.2) is 0 Å². The molecule has 6 heteroatoms. The van der Waals surface area contributed by atoms with E-state index in [2.05, 4.69) is 12.1 Å². The van der Waals surface area contributed by atoms with Gasteiger partial charge in [-0.2, -0.15) is 0 Å². The van der Waals surface area contributed by atoms with E-state index in [1.165, 1.54) is 0 Å². The minimum absolute atomic E-state index is 0.0237. The summed E-state index contributed by atoms with van der Waals surface area (Å²) < 4.78 is 10.6. The first-order valence-electron chi connectivity index (χ1n) is 9.67. The number of methoxy groups -OCH3 is 1. The standard InChI is InChI=1S/C21H26N2O4/c1-3-5-17-11-19(22-27-17)20(24)23-12-14-8-9-21(25,18(14)13-23)15-6-4-7-16(10-15)26-2/h4,6-7,10-11,14,18,25H,3,5,8-9,12-13H2,1-2H3/t14-,18-,21+/m0/s1. The first-order valence-corrected chi connectivity index (χ1v) is 9.67. The summed E-state index contributed by atoms with van der Waals surface area (Å²) in [6.07, 6.45) is 3.34. The summed E-state index contributed by atoms with van der Waals surface area (Å²) >= 11 is 0. The first-order chi connectivity index (χ1) is 13.0. The van der Waals surface area contributed by atoms with E-state index in [4.69, 9.17) is 9.26 Å².